The Morgan fingerprint density at radius 3 is 2.64 bits per heavy atom. The lowest BCUT2D eigenvalue weighted by atomic mass is 10.0. The molecule has 0 saturated heterocycles. The molecule has 0 bridgehead atoms. The van der Waals surface area contributed by atoms with Gasteiger partial charge >= 0.3 is 5.97 Å². The van der Waals surface area contributed by atoms with E-state index in [1.54, 1.807) is 37.3 Å². The van der Waals surface area contributed by atoms with Crippen LogP contribution in [-0.2, 0) is 14.3 Å². The van der Waals surface area contributed by atoms with Crippen LogP contribution in [-0.4, -0.2) is 36.9 Å². The summed E-state index contributed by atoms with van der Waals surface area (Å²) in [5.41, 5.74) is 3.25. The fourth-order valence-electron chi connectivity index (χ4n) is 3.04. The molecule has 0 N–H and O–H groups in total. The van der Waals surface area contributed by atoms with Gasteiger partial charge in [0.15, 0.2) is 12.7 Å². The normalized spacial score (nSPS) is 14.1. The number of rotatable bonds is 6. The molecule has 6 heteroatoms. The number of ketones is 1. The van der Waals surface area contributed by atoms with Crippen LogP contribution in [0.25, 0.3) is 0 Å². The fraction of sp³-hybridized carbons (Fsp3) is 0.318. The maximum absolute atomic E-state index is 12.5. The van der Waals surface area contributed by atoms with Gasteiger partial charge in [-0.05, 0) is 50.1 Å². The summed E-state index contributed by atoms with van der Waals surface area (Å²) in [7, 11) is 0. The third-order valence-electron chi connectivity index (χ3n) is 4.82. The molecule has 0 spiro atoms. The van der Waals surface area contributed by atoms with E-state index >= 15 is 0 Å². The van der Waals surface area contributed by atoms with Gasteiger partial charge in [-0.25, -0.2) is 0 Å². The van der Waals surface area contributed by atoms with E-state index in [4.69, 9.17) is 9.47 Å². The van der Waals surface area contributed by atoms with Crippen LogP contribution in [0.5, 0.6) is 5.75 Å². The number of fused-ring (bicyclic) bond motifs is 1. The number of anilines is 1. The van der Waals surface area contributed by atoms with E-state index < -0.39 is 12.1 Å². The third kappa shape index (κ3) is 4.22. The third-order valence-corrected chi connectivity index (χ3v) is 4.82. The molecule has 2 aromatic carbocycles. The Hall–Kier alpha value is -3.15. The van der Waals surface area contributed by atoms with Crippen LogP contribution in [0.3, 0.4) is 0 Å². The number of para-hydroxylation sites is 2. The lowest BCUT2D eigenvalue weighted by Crippen LogP contribution is -2.40. The molecule has 0 saturated carbocycles. The highest BCUT2D eigenvalue weighted by Crippen LogP contribution is 2.31. The predicted octanol–water partition coefficient (Wildman–Crippen LogP) is 3.23. The van der Waals surface area contributed by atoms with E-state index in [9.17, 15) is 14.4 Å². The summed E-state index contributed by atoms with van der Waals surface area (Å²) in [5.74, 6) is -0.384. The quantitative estimate of drug-likeness (QED) is 0.567. The number of benzene rings is 2. The van der Waals surface area contributed by atoms with Crippen molar-refractivity contribution in [2.45, 2.75) is 33.3 Å². The molecular formula is C22H23NO5. The molecule has 0 aromatic heterocycles. The Balaban J connectivity index is 1.59. The van der Waals surface area contributed by atoms with Gasteiger partial charge in [-0.3, -0.25) is 14.4 Å². The van der Waals surface area contributed by atoms with E-state index in [1.165, 1.54) is 4.90 Å². The van der Waals surface area contributed by atoms with Crippen molar-refractivity contribution < 1.29 is 23.9 Å². The SMILES string of the molecule is Cc1ccc(C(=O)[C@@H](C)OC(=O)CCN2C(=O)COc3ccccc32)cc1C. The van der Waals surface area contributed by atoms with Gasteiger partial charge in [0.2, 0.25) is 5.78 Å². The monoisotopic (exact) mass is 381 g/mol. The van der Waals surface area contributed by atoms with Gasteiger partial charge in [0, 0.05) is 12.1 Å². The standard InChI is InChI=1S/C22H23NO5/c1-14-8-9-17(12-15(14)2)22(26)16(3)28-21(25)10-11-23-18-6-4-5-7-19(18)27-13-20(23)24/h4-9,12,16H,10-11,13H2,1-3H3/t16-/m1/s1. The predicted molar refractivity (Wildman–Crippen MR) is 105 cm³/mol. The lowest BCUT2D eigenvalue weighted by Gasteiger charge is -2.29. The second-order valence-electron chi connectivity index (χ2n) is 6.85. The smallest absolute Gasteiger partial charge is 0.308 e. The molecule has 0 fully saturated rings. The zero-order valence-electron chi connectivity index (χ0n) is 16.2. The summed E-state index contributed by atoms with van der Waals surface area (Å²) >= 11 is 0. The van der Waals surface area contributed by atoms with Gasteiger partial charge in [-0.1, -0.05) is 24.3 Å². The molecule has 1 heterocycles. The summed E-state index contributed by atoms with van der Waals surface area (Å²) in [5, 5.41) is 0. The highest BCUT2D eigenvalue weighted by molar-refractivity contribution is 6.00. The molecule has 3 rings (SSSR count). The molecule has 1 aliphatic rings. The summed E-state index contributed by atoms with van der Waals surface area (Å²) < 4.78 is 10.7. The van der Waals surface area contributed by atoms with Crippen molar-refractivity contribution in [1.82, 2.24) is 0 Å². The average molecular weight is 381 g/mol. The minimum Gasteiger partial charge on any atom is -0.482 e. The molecule has 0 radical (unpaired) electrons. The zero-order valence-corrected chi connectivity index (χ0v) is 16.2. The Morgan fingerprint density at radius 2 is 1.89 bits per heavy atom. The van der Waals surface area contributed by atoms with Crippen LogP contribution < -0.4 is 9.64 Å². The second-order valence-corrected chi connectivity index (χ2v) is 6.85. The molecule has 1 atom stereocenters. The highest BCUT2D eigenvalue weighted by Gasteiger charge is 2.26. The van der Waals surface area contributed by atoms with Crippen molar-refractivity contribution in [3.8, 4) is 5.75 Å². The van der Waals surface area contributed by atoms with Crippen molar-refractivity contribution in [3.63, 3.8) is 0 Å². The van der Waals surface area contributed by atoms with Gasteiger partial charge in [-0.2, -0.15) is 0 Å². The van der Waals surface area contributed by atoms with Crippen molar-refractivity contribution in [2.24, 2.45) is 0 Å². The lowest BCUT2D eigenvalue weighted by molar-refractivity contribution is -0.146. The molecule has 146 valence electrons. The van der Waals surface area contributed by atoms with Crippen LogP contribution >= 0.6 is 0 Å². The first kappa shape index (κ1) is 19.6. The summed E-state index contributed by atoms with van der Waals surface area (Å²) in [4.78, 5) is 38.4. The molecule has 6 nitrogen and oxygen atoms in total. The number of Topliss-reactive ketones (excluding diaryl/α,β-unsaturated/α-hetero) is 1. The molecule has 0 unspecified atom stereocenters. The van der Waals surface area contributed by atoms with Crippen molar-refractivity contribution in [3.05, 3.63) is 59.2 Å². The number of aryl methyl sites for hydroxylation is 2. The Morgan fingerprint density at radius 1 is 1.14 bits per heavy atom. The first-order valence-corrected chi connectivity index (χ1v) is 9.20. The van der Waals surface area contributed by atoms with Crippen molar-refractivity contribution in [2.75, 3.05) is 18.1 Å². The highest BCUT2D eigenvalue weighted by atomic mass is 16.5. The maximum Gasteiger partial charge on any atom is 0.308 e. The first-order valence-electron chi connectivity index (χ1n) is 9.20. The summed E-state index contributed by atoms with van der Waals surface area (Å²) in [6.45, 7) is 5.57. The Kier molecular flexibility index (Phi) is 5.78. The van der Waals surface area contributed by atoms with E-state index in [0.29, 0.717) is 17.0 Å². The number of ether oxygens (including phenoxy) is 2. The molecule has 28 heavy (non-hydrogen) atoms. The van der Waals surface area contributed by atoms with Gasteiger partial charge in [0.05, 0.1) is 12.1 Å². The Bertz CT molecular complexity index is 921. The zero-order chi connectivity index (χ0) is 20.3. The van der Waals surface area contributed by atoms with E-state index in [-0.39, 0.29) is 31.3 Å². The van der Waals surface area contributed by atoms with Crippen LogP contribution in [0, 0.1) is 13.8 Å². The Labute approximate surface area is 164 Å². The molecule has 1 aliphatic heterocycles. The number of hydrogen-bond donors (Lipinski definition) is 0. The minimum atomic E-state index is -0.887. The summed E-state index contributed by atoms with van der Waals surface area (Å²) in [6.07, 6.45) is -0.896. The maximum atomic E-state index is 12.5. The summed E-state index contributed by atoms with van der Waals surface area (Å²) in [6, 6.07) is 12.6. The van der Waals surface area contributed by atoms with Gasteiger partial charge in [0.25, 0.3) is 5.91 Å². The van der Waals surface area contributed by atoms with Crippen molar-refractivity contribution in [1.29, 1.82) is 0 Å². The van der Waals surface area contributed by atoms with Gasteiger partial charge in [-0.15, -0.1) is 0 Å². The number of carbonyl (C=O) groups is 3. The van der Waals surface area contributed by atoms with E-state index in [1.807, 2.05) is 26.0 Å². The molecule has 2 aromatic rings. The van der Waals surface area contributed by atoms with Crippen LogP contribution in [0.1, 0.15) is 34.8 Å². The number of esters is 1. The largest absolute Gasteiger partial charge is 0.482 e. The van der Waals surface area contributed by atoms with Crippen LogP contribution in [0.4, 0.5) is 5.69 Å². The van der Waals surface area contributed by atoms with Gasteiger partial charge < -0.3 is 14.4 Å². The molecule has 1 amide bonds. The average Bonchev–Trinajstić information content (AvgIpc) is 2.68. The van der Waals surface area contributed by atoms with Crippen LogP contribution in [0.2, 0.25) is 0 Å². The number of amides is 1. The fourth-order valence-corrected chi connectivity index (χ4v) is 3.04. The second kappa shape index (κ2) is 8.25. The number of carbonyl (C=O) groups excluding carboxylic acids is 3. The van der Waals surface area contributed by atoms with E-state index in [2.05, 4.69) is 0 Å². The molecule has 0 aliphatic carbocycles. The minimum absolute atomic E-state index is 0.00931. The number of hydrogen-bond acceptors (Lipinski definition) is 5. The van der Waals surface area contributed by atoms with Gasteiger partial charge in [0.1, 0.15) is 5.75 Å². The topological polar surface area (TPSA) is 72.9 Å². The number of nitrogens with zero attached hydrogens (tertiary/aromatic N) is 1. The van der Waals surface area contributed by atoms with Crippen LogP contribution in [0.15, 0.2) is 42.5 Å². The first-order chi connectivity index (χ1) is 13.4. The molecular weight excluding hydrogens is 358 g/mol. The van der Waals surface area contributed by atoms with E-state index in [0.717, 1.165) is 11.1 Å². The van der Waals surface area contributed by atoms with Crippen molar-refractivity contribution >= 4 is 23.3 Å².